The number of rotatable bonds is 61. The molecule has 0 aromatic rings. The SMILES string of the molecule is CCCCCCC/C=C\C/C=C\CCCCCCCCCCCCCCCCCCCCCC(=O)NC(COC1OC(CO)C(OC2OC(CO)C(O)C(O)C2O)C(O)C1O)C(O)/C=C/CC/C=C/CCCCCCCCCCCCCCCCCCC. The van der Waals surface area contributed by atoms with Crippen molar-refractivity contribution in [3.05, 3.63) is 48.6 Å². The summed E-state index contributed by atoms with van der Waals surface area (Å²) in [5.41, 5.74) is 0. The second kappa shape index (κ2) is 58.7. The average Bonchev–Trinajstić information content (AvgIpc) is 3.10. The molecule has 88 heavy (non-hydrogen) atoms. The second-order valence-corrected chi connectivity index (χ2v) is 26.1. The van der Waals surface area contributed by atoms with Gasteiger partial charge < -0.3 is 65.1 Å². The Morgan fingerprint density at radius 3 is 1.18 bits per heavy atom. The maximum absolute atomic E-state index is 13.3. The lowest BCUT2D eigenvalue weighted by Gasteiger charge is -2.46. The molecule has 2 saturated heterocycles. The molecule has 14 heteroatoms. The van der Waals surface area contributed by atoms with Crippen molar-refractivity contribution in [1.82, 2.24) is 5.32 Å². The molecular formula is C74H137NO13. The van der Waals surface area contributed by atoms with E-state index in [1.807, 2.05) is 6.08 Å². The third-order valence-corrected chi connectivity index (χ3v) is 18.0. The molecule has 14 nitrogen and oxygen atoms in total. The standard InChI is InChI=1S/C74H137NO13/c1-3-5-7-9-11-13-15-17-19-21-23-25-27-28-29-30-31-32-33-34-36-38-40-42-44-46-48-50-52-54-56-58-66(79)75-62(61-85-73-71(84)69(82)72(65(60-77)87-73)88-74-70(83)68(81)67(80)64(59-76)86-74)63(78)57-55-53-51-49-47-45-43-41-39-37-35-26-24-22-20-18-16-14-12-10-8-6-4-2/h15,17,21,23,47,49,55,57,62-65,67-74,76-78,80-84H,3-14,16,18-20,22,24-46,48,50-54,56,58-61H2,1-2H3,(H,75,79)/b17-15-,23-21-,49-47+,57-55+. The van der Waals surface area contributed by atoms with Crippen LogP contribution in [0, 0.1) is 0 Å². The summed E-state index contributed by atoms with van der Waals surface area (Å²) < 4.78 is 22.9. The molecule has 0 aliphatic carbocycles. The summed E-state index contributed by atoms with van der Waals surface area (Å²) in [7, 11) is 0. The highest BCUT2D eigenvalue weighted by atomic mass is 16.7. The highest BCUT2D eigenvalue weighted by Gasteiger charge is 2.51. The smallest absolute Gasteiger partial charge is 0.220 e. The van der Waals surface area contributed by atoms with Crippen LogP contribution in [0.4, 0.5) is 0 Å². The first kappa shape index (κ1) is 82.0. The van der Waals surface area contributed by atoms with Crippen LogP contribution in [0.25, 0.3) is 0 Å². The van der Waals surface area contributed by atoms with E-state index in [0.29, 0.717) is 12.8 Å². The number of allylic oxidation sites excluding steroid dienone is 7. The van der Waals surface area contributed by atoms with Gasteiger partial charge in [-0.05, 0) is 64.2 Å². The van der Waals surface area contributed by atoms with Crippen LogP contribution in [-0.4, -0.2) is 140 Å². The van der Waals surface area contributed by atoms with E-state index >= 15 is 0 Å². The van der Waals surface area contributed by atoms with Gasteiger partial charge in [0.1, 0.15) is 48.8 Å². The van der Waals surface area contributed by atoms with Gasteiger partial charge >= 0.3 is 0 Å². The molecule has 0 aromatic heterocycles. The Labute approximate surface area is 537 Å². The predicted molar refractivity (Wildman–Crippen MR) is 360 cm³/mol. The first-order valence-corrected chi connectivity index (χ1v) is 36.9. The van der Waals surface area contributed by atoms with Crippen LogP contribution in [0.3, 0.4) is 0 Å². The Morgan fingerprint density at radius 1 is 0.409 bits per heavy atom. The minimum atomic E-state index is -1.79. The zero-order valence-electron chi connectivity index (χ0n) is 56.2. The molecule has 2 heterocycles. The van der Waals surface area contributed by atoms with Gasteiger partial charge in [-0.3, -0.25) is 4.79 Å². The predicted octanol–water partition coefficient (Wildman–Crippen LogP) is 15.5. The third-order valence-electron chi connectivity index (χ3n) is 18.0. The van der Waals surface area contributed by atoms with Crippen molar-refractivity contribution in [1.29, 1.82) is 0 Å². The van der Waals surface area contributed by atoms with E-state index in [2.05, 4.69) is 55.6 Å². The Kier molecular flexibility index (Phi) is 54.8. The quantitative estimate of drug-likeness (QED) is 0.0204. The fourth-order valence-corrected chi connectivity index (χ4v) is 12.1. The van der Waals surface area contributed by atoms with Gasteiger partial charge in [-0.1, -0.05) is 300 Å². The molecule has 0 spiro atoms. The molecule has 0 aromatic carbocycles. The number of nitrogens with one attached hydrogen (secondary N) is 1. The summed E-state index contributed by atoms with van der Waals surface area (Å²) in [6, 6.07) is -0.932. The van der Waals surface area contributed by atoms with Crippen molar-refractivity contribution in [2.24, 2.45) is 0 Å². The Balaban J connectivity index is 1.66. The van der Waals surface area contributed by atoms with Gasteiger partial charge in [0.2, 0.25) is 5.91 Å². The van der Waals surface area contributed by atoms with Gasteiger partial charge in [0.15, 0.2) is 12.6 Å². The van der Waals surface area contributed by atoms with E-state index in [4.69, 9.17) is 18.9 Å². The summed E-state index contributed by atoms with van der Waals surface area (Å²) in [4.78, 5) is 13.3. The number of hydrogen-bond donors (Lipinski definition) is 9. The third kappa shape index (κ3) is 42.2. The monoisotopic (exact) mass is 1250 g/mol. The molecule has 12 unspecified atom stereocenters. The molecule has 516 valence electrons. The maximum atomic E-state index is 13.3. The number of unbranched alkanes of at least 4 members (excludes halogenated alkanes) is 42. The molecule has 2 rings (SSSR count). The van der Waals surface area contributed by atoms with Crippen molar-refractivity contribution in [2.75, 3.05) is 19.8 Å². The van der Waals surface area contributed by atoms with Crippen LogP contribution in [0.5, 0.6) is 0 Å². The van der Waals surface area contributed by atoms with Crippen LogP contribution < -0.4 is 5.32 Å². The van der Waals surface area contributed by atoms with Gasteiger partial charge in [-0.15, -0.1) is 0 Å². The van der Waals surface area contributed by atoms with Crippen LogP contribution in [0.15, 0.2) is 48.6 Å². The lowest BCUT2D eigenvalue weighted by molar-refractivity contribution is -0.359. The summed E-state index contributed by atoms with van der Waals surface area (Å²) in [5, 5.41) is 87.5. The fourth-order valence-electron chi connectivity index (χ4n) is 12.1. The van der Waals surface area contributed by atoms with E-state index in [1.165, 1.54) is 250 Å². The molecule has 2 aliphatic heterocycles. The van der Waals surface area contributed by atoms with Crippen molar-refractivity contribution in [3.63, 3.8) is 0 Å². The van der Waals surface area contributed by atoms with Gasteiger partial charge in [0.25, 0.3) is 0 Å². The molecule has 0 bridgehead atoms. The first-order chi connectivity index (χ1) is 43.1. The molecule has 0 radical (unpaired) electrons. The normalized spacial score (nSPS) is 23.4. The Hall–Kier alpha value is -2.05. The first-order valence-electron chi connectivity index (χ1n) is 36.9. The maximum Gasteiger partial charge on any atom is 0.220 e. The molecule has 9 N–H and O–H groups in total. The fraction of sp³-hybridized carbons (Fsp3) is 0.878. The van der Waals surface area contributed by atoms with Crippen LogP contribution >= 0.6 is 0 Å². The lowest BCUT2D eigenvalue weighted by Crippen LogP contribution is -2.65. The van der Waals surface area contributed by atoms with Gasteiger partial charge in [-0.25, -0.2) is 0 Å². The minimum Gasteiger partial charge on any atom is -0.394 e. The highest BCUT2D eigenvalue weighted by Crippen LogP contribution is 2.30. The molecule has 12 atom stereocenters. The number of amides is 1. The molecule has 0 saturated carbocycles. The van der Waals surface area contributed by atoms with Crippen molar-refractivity contribution >= 4 is 5.91 Å². The van der Waals surface area contributed by atoms with Crippen LogP contribution in [-0.2, 0) is 23.7 Å². The van der Waals surface area contributed by atoms with E-state index in [1.54, 1.807) is 6.08 Å². The number of aliphatic hydroxyl groups excluding tert-OH is 8. The van der Waals surface area contributed by atoms with E-state index in [9.17, 15) is 45.6 Å². The molecule has 2 fully saturated rings. The zero-order valence-corrected chi connectivity index (χ0v) is 56.2. The van der Waals surface area contributed by atoms with Crippen LogP contribution in [0.2, 0.25) is 0 Å². The lowest BCUT2D eigenvalue weighted by atomic mass is 9.97. The molecule has 2 aliphatic rings. The Bertz CT molecular complexity index is 1660. The van der Waals surface area contributed by atoms with Crippen LogP contribution in [0.1, 0.15) is 322 Å². The van der Waals surface area contributed by atoms with E-state index in [0.717, 1.165) is 38.5 Å². The summed E-state index contributed by atoms with van der Waals surface area (Å²) in [5.74, 6) is -0.244. The number of ether oxygens (including phenoxy) is 4. The Morgan fingerprint density at radius 2 is 0.761 bits per heavy atom. The number of hydrogen-bond acceptors (Lipinski definition) is 13. The zero-order chi connectivity index (χ0) is 63.8. The summed E-state index contributed by atoms with van der Waals surface area (Å²) >= 11 is 0. The van der Waals surface area contributed by atoms with Crippen molar-refractivity contribution < 1.29 is 64.6 Å². The number of aliphatic hydroxyl groups is 8. The average molecular weight is 1250 g/mol. The number of carbonyl (C=O) groups is 1. The summed E-state index contributed by atoms with van der Waals surface area (Å²) in [6.07, 6.45) is 60.3. The van der Waals surface area contributed by atoms with E-state index < -0.39 is 86.8 Å². The van der Waals surface area contributed by atoms with Crippen molar-refractivity contribution in [2.45, 2.75) is 396 Å². The number of carbonyl (C=O) groups excluding carboxylic acids is 1. The molecule has 1 amide bonds. The second-order valence-electron chi connectivity index (χ2n) is 26.1. The van der Waals surface area contributed by atoms with Gasteiger partial charge in [0, 0.05) is 6.42 Å². The van der Waals surface area contributed by atoms with Gasteiger partial charge in [0.05, 0.1) is 32.0 Å². The largest absolute Gasteiger partial charge is 0.394 e. The van der Waals surface area contributed by atoms with Gasteiger partial charge in [-0.2, -0.15) is 0 Å². The van der Waals surface area contributed by atoms with E-state index in [-0.39, 0.29) is 18.9 Å². The summed E-state index contributed by atoms with van der Waals surface area (Å²) in [6.45, 7) is 2.82. The molecular weight excluding hydrogens is 1110 g/mol. The topological polar surface area (TPSA) is 228 Å². The highest BCUT2D eigenvalue weighted by molar-refractivity contribution is 5.76. The minimum absolute atomic E-state index is 0.244. The van der Waals surface area contributed by atoms with Crippen molar-refractivity contribution in [3.8, 4) is 0 Å².